The summed E-state index contributed by atoms with van der Waals surface area (Å²) in [6.07, 6.45) is 0. The number of benzene rings is 1. The average Bonchev–Trinajstić information content (AvgIpc) is 2.80. The third-order valence-electron chi connectivity index (χ3n) is 2.07. The van der Waals surface area contributed by atoms with E-state index in [-0.39, 0.29) is 25.1 Å². The van der Waals surface area contributed by atoms with Crippen LogP contribution in [-0.2, 0) is 9.53 Å². The van der Waals surface area contributed by atoms with E-state index in [9.17, 15) is 4.79 Å². The molecular weight excluding hydrogens is 287 g/mol. The van der Waals surface area contributed by atoms with Crippen LogP contribution in [0.15, 0.2) is 35.3 Å². The molecule has 0 radical (unpaired) electrons. The standard InChI is InChI=1S/C12H12O2SSe/c1-2-14-11(13)12-15-10(8-16-12)9-6-4-3-5-7-9/h3-8,12H,2H2,1H3. The molecule has 2 rings (SSSR count). The van der Waals surface area contributed by atoms with Crippen LogP contribution < -0.4 is 0 Å². The molecule has 1 atom stereocenters. The summed E-state index contributed by atoms with van der Waals surface area (Å²) >= 11 is 1.84. The Morgan fingerprint density at radius 3 is 2.88 bits per heavy atom. The number of rotatable bonds is 3. The molecule has 1 aromatic rings. The minimum absolute atomic E-state index is 0.00246. The predicted molar refractivity (Wildman–Crippen MR) is 68.2 cm³/mol. The van der Waals surface area contributed by atoms with Crippen molar-refractivity contribution in [3.05, 3.63) is 40.9 Å². The molecule has 1 aromatic carbocycles. The molecule has 1 aliphatic rings. The Hall–Kier alpha value is -0.701. The first kappa shape index (κ1) is 11.8. The fraction of sp³-hybridized carbons (Fsp3) is 0.250. The van der Waals surface area contributed by atoms with Gasteiger partial charge in [0.1, 0.15) is 0 Å². The van der Waals surface area contributed by atoms with E-state index in [1.807, 2.05) is 25.1 Å². The number of hydrogen-bond donors (Lipinski definition) is 0. The molecule has 0 aromatic heterocycles. The number of esters is 1. The van der Waals surface area contributed by atoms with E-state index in [0.29, 0.717) is 6.61 Å². The Kier molecular flexibility index (Phi) is 4.10. The van der Waals surface area contributed by atoms with Gasteiger partial charge in [-0.1, -0.05) is 0 Å². The van der Waals surface area contributed by atoms with Crippen LogP contribution in [0.2, 0.25) is 0 Å². The van der Waals surface area contributed by atoms with Crippen LogP contribution in [0.4, 0.5) is 0 Å². The molecule has 0 amide bonds. The molecule has 0 fully saturated rings. The fourth-order valence-corrected chi connectivity index (χ4v) is 5.23. The van der Waals surface area contributed by atoms with Crippen molar-refractivity contribution in [1.82, 2.24) is 0 Å². The molecule has 0 spiro atoms. The normalized spacial score (nSPS) is 19.3. The molecule has 4 heteroatoms. The van der Waals surface area contributed by atoms with Gasteiger partial charge in [0.15, 0.2) is 0 Å². The van der Waals surface area contributed by atoms with Gasteiger partial charge in [-0.3, -0.25) is 0 Å². The SMILES string of the molecule is CCOC(=O)C1SC(c2ccccc2)=C[Se]1. The predicted octanol–water partition coefficient (Wildman–Crippen LogP) is 2.33. The Morgan fingerprint density at radius 2 is 2.19 bits per heavy atom. The maximum absolute atomic E-state index is 11.6. The topological polar surface area (TPSA) is 26.3 Å². The van der Waals surface area contributed by atoms with E-state index >= 15 is 0 Å². The minimum atomic E-state index is -0.0744. The summed E-state index contributed by atoms with van der Waals surface area (Å²) in [6.45, 7) is 2.31. The molecule has 0 saturated carbocycles. The second-order valence-electron chi connectivity index (χ2n) is 3.19. The van der Waals surface area contributed by atoms with Gasteiger partial charge in [-0.25, -0.2) is 0 Å². The molecule has 16 heavy (non-hydrogen) atoms. The first-order valence-electron chi connectivity index (χ1n) is 5.05. The van der Waals surface area contributed by atoms with E-state index in [4.69, 9.17) is 4.74 Å². The molecule has 0 saturated heterocycles. The zero-order chi connectivity index (χ0) is 11.4. The Labute approximate surface area is 106 Å². The second-order valence-corrected chi connectivity index (χ2v) is 7.06. The Balaban J connectivity index is 2.00. The molecule has 1 aliphatic heterocycles. The van der Waals surface area contributed by atoms with Crippen LogP contribution in [0.1, 0.15) is 12.5 Å². The van der Waals surface area contributed by atoms with Crippen LogP contribution in [0.3, 0.4) is 0 Å². The van der Waals surface area contributed by atoms with Crippen LogP contribution in [0, 0.1) is 0 Å². The van der Waals surface area contributed by atoms with Gasteiger partial charge < -0.3 is 0 Å². The molecular formula is C12H12O2SSe. The fourth-order valence-electron chi connectivity index (χ4n) is 1.35. The van der Waals surface area contributed by atoms with E-state index in [2.05, 4.69) is 17.1 Å². The van der Waals surface area contributed by atoms with Crippen molar-refractivity contribution in [2.24, 2.45) is 0 Å². The number of carbonyl (C=O) groups excluding carboxylic acids is 1. The Bertz CT molecular complexity index is 403. The number of hydrogen-bond acceptors (Lipinski definition) is 3. The summed E-state index contributed by atoms with van der Waals surface area (Å²) in [5.41, 5.74) is 1.20. The molecule has 1 heterocycles. The first-order chi connectivity index (χ1) is 7.81. The van der Waals surface area contributed by atoms with Gasteiger partial charge >= 0.3 is 106 Å². The van der Waals surface area contributed by atoms with Crippen LogP contribution in [0.25, 0.3) is 4.91 Å². The number of thioether (sulfide) groups is 1. The molecule has 0 N–H and O–H groups in total. The first-order valence-corrected chi connectivity index (χ1v) is 7.91. The zero-order valence-corrected chi connectivity index (χ0v) is 11.4. The van der Waals surface area contributed by atoms with Crippen LogP contribution in [0.5, 0.6) is 0 Å². The summed E-state index contributed by atoms with van der Waals surface area (Å²) in [6, 6.07) is 10.2. The number of ether oxygens (including phenoxy) is 1. The molecule has 84 valence electrons. The molecule has 0 aliphatic carbocycles. The summed E-state index contributed by atoms with van der Waals surface area (Å²) in [4.78, 5) is 14.9. The Morgan fingerprint density at radius 1 is 1.44 bits per heavy atom. The van der Waals surface area contributed by atoms with Crippen molar-refractivity contribution in [1.29, 1.82) is 0 Å². The van der Waals surface area contributed by atoms with Gasteiger partial charge in [0.05, 0.1) is 0 Å². The van der Waals surface area contributed by atoms with Crippen molar-refractivity contribution in [3.8, 4) is 0 Å². The second kappa shape index (κ2) is 5.58. The van der Waals surface area contributed by atoms with Gasteiger partial charge in [0.2, 0.25) is 0 Å². The average molecular weight is 299 g/mol. The third kappa shape index (κ3) is 2.70. The summed E-state index contributed by atoms with van der Waals surface area (Å²) < 4.78 is 5.03. The van der Waals surface area contributed by atoms with Gasteiger partial charge in [-0.15, -0.1) is 0 Å². The molecule has 1 unspecified atom stereocenters. The van der Waals surface area contributed by atoms with Gasteiger partial charge in [-0.05, 0) is 0 Å². The van der Waals surface area contributed by atoms with Crippen molar-refractivity contribution >= 4 is 37.6 Å². The summed E-state index contributed by atoms with van der Waals surface area (Å²) in [5.74, 6) is -0.0744. The van der Waals surface area contributed by atoms with Crippen molar-refractivity contribution < 1.29 is 9.53 Å². The van der Waals surface area contributed by atoms with Crippen LogP contribution >= 0.6 is 11.8 Å². The van der Waals surface area contributed by atoms with E-state index in [0.717, 1.165) is 0 Å². The van der Waals surface area contributed by atoms with Crippen molar-refractivity contribution in [2.45, 2.75) is 11.1 Å². The zero-order valence-electron chi connectivity index (χ0n) is 8.88. The van der Waals surface area contributed by atoms with Gasteiger partial charge in [0, 0.05) is 0 Å². The summed E-state index contributed by atoms with van der Waals surface area (Å²) in [7, 11) is 0. The van der Waals surface area contributed by atoms with E-state index in [1.54, 1.807) is 11.8 Å². The van der Waals surface area contributed by atoms with Crippen LogP contribution in [-0.4, -0.2) is 31.7 Å². The maximum atomic E-state index is 11.6. The van der Waals surface area contributed by atoms with Crippen molar-refractivity contribution in [2.75, 3.05) is 6.61 Å². The van der Waals surface area contributed by atoms with Gasteiger partial charge in [-0.2, -0.15) is 0 Å². The third-order valence-corrected chi connectivity index (χ3v) is 6.31. The molecule has 0 bridgehead atoms. The quantitative estimate of drug-likeness (QED) is 0.633. The van der Waals surface area contributed by atoms with Crippen molar-refractivity contribution in [3.63, 3.8) is 0 Å². The number of carbonyl (C=O) groups is 1. The van der Waals surface area contributed by atoms with E-state index in [1.165, 1.54) is 10.5 Å². The summed E-state index contributed by atoms with van der Waals surface area (Å²) in [5, 5.41) is 0. The van der Waals surface area contributed by atoms with Gasteiger partial charge in [0.25, 0.3) is 0 Å². The molecule has 2 nitrogen and oxygen atoms in total. The monoisotopic (exact) mass is 300 g/mol. The van der Waals surface area contributed by atoms with E-state index < -0.39 is 0 Å².